The Labute approximate surface area is 167 Å². The van der Waals surface area contributed by atoms with Crippen LogP contribution in [0.1, 0.15) is 31.1 Å². The van der Waals surface area contributed by atoms with E-state index in [1.807, 2.05) is 13.8 Å². The van der Waals surface area contributed by atoms with Gasteiger partial charge < -0.3 is 19.5 Å². The molecular weight excluding hydrogens is 384 g/mol. The van der Waals surface area contributed by atoms with Crippen LogP contribution in [-0.4, -0.2) is 31.2 Å². The molecule has 8 heteroatoms. The molecule has 1 amide bonds. The summed E-state index contributed by atoms with van der Waals surface area (Å²) in [5, 5.41) is 2.42. The number of carbonyl (C=O) groups is 2. The number of para-hydroxylation sites is 2. The molecule has 2 aromatic carbocycles. The van der Waals surface area contributed by atoms with Crippen molar-refractivity contribution < 1.29 is 32.6 Å². The first-order chi connectivity index (χ1) is 13.8. The van der Waals surface area contributed by atoms with E-state index < -0.39 is 24.6 Å². The Morgan fingerprint density at radius 1 is 1.03 bits per heavy atom. The van der Waals surface area contributed by atoms with Crippen molar-refractivity contribution in [3.05, 3.63) is 54.1 Å². The summed E-state index contributed by atoms with van der Waals surface area (Å²) in [4.78, 5) is 24.6. The van der Waals surface area contributed by atoms with Crippen molar-refractivity contribution in [3.63, 3.8) is 0 Å². The molecule has 0 saturated heterocycles. The van der Waals surface area contributed by atoms with E-state index in [4.69, 9.17) is 9.47 Å². The molecule has 0 radical (unpaired) electrons. The molecule has 0 fully saturated rings. The third kappa shape index (κ3) is 7.06. The Hall–Kier alpha value is -3.16. The van der Waals surface area contributed by atoms with Crippen LogP contribution in [0.4, 0.5) is 14.5 Å². The number of nitrogens with one attached hydrogen (secondary N) is 1. The highest BCUT2D eigenvalue weighted by atomic mass is 19.3. The molecule has 1 atom stereocenters. The zero-order chi connectivity index (χ0) is 21.4. The standard InChI is InChI=1S/C21H23F2NO5/c1-13(2)12-27-16-8-6-7-15(11-16)20(26)28-14(3)19(25)24-17-9-4-5-10-18(17)29-21(22)23/h4-11,13-14,21H,12H2,1-3H3,(H,24,25)/t14-/m1/s1. The van der Waals surface area contributed by atoms with Crippen LogP contribution >= 0.6 is 0 Å². The van der Waals surface area contributed by atoms with Gasteiger partial charge in [0, 0.05) is 0 Å². The van der Waals surface area contributed by atoms with Gasteiger partial charge in [-0.25, -0.2) is 4.79 Å². The Kier molecular flexibility index (Phi) is 7.94. The average molecular weight is 407 g/mol. The molecule has 1 N–H and O–H groups in total. The van der Waals surface area contributed by atoms with Gasteiger partial charge in [-0.3, -0.25) is 4.79 Å². The molecule has 0 unspecified atom stereocenters. The van der Waals surface area contributed by atoms with Crippen LogP contribution in [0.15, 0.2) is 48.5 Å². The van der Waals surface area contributed by atoms with Gasteiger partial charge in [0.15, 0.2) is 6.10 Å². The second-order valence-corrected chi connectivity index (χ2v) is 6.64. The summed E-state index contributed by atoms with van der Waals surface area (Å²) in [6, 6.07) is 12.2. The van der Waals surface area contributed by atoms with Gasteiger partial charge in [0.05, 0.1) is 17.9 Å². The van der Waals surface area contributed by atoms with Gasteiger partial charge in [-0.1, -0.05) is 32.0 Å². The minimum absolute atomic E-state index is 0.0461. The number of ether oxygens (including phenoxy) is 3. The van der Waals surface area contributed by atoms with Crippen LogP contribution in [0.2, 0.25) is 0 Å². The number of carbonyl (C=O) groups excluding carboxylic acids is 2. The number of benzene rings is 2. The minimum atomic E-state index is -3.03. The lowest BCUT2D eigenvalue weighted by Gasteiger charge is -2.16. The highest BCUT2D eigenvalue weighted by Gasteiger charge is 2.21. The molecule has 0 saturated carbocycles. The molecule has 0 aliphatic rings. The number of alkyl halides is 2. The molecule has 0 spiro atoms. The fraction of sp³-hybridized carbons (Fsp3) is 0.333. The molecule has 0 aliphatic carbocycles. The first kappa shape index (κ1) is 22.1. The summed E-state index contributed by atoms with van der Waals surface area (Å²) >= 11 is 0. The topological polar surface area (TPSA) is 73.9 Å². The van der Waals surface area contributed by atoms with Crippen molar-refractivity contribution in [3.8, 4) is 11.5 Å². The highest BCUT2D eigenvalue weighted by Crippen LogP contribution is 2.25. The monoisotopic (exact) mass is 407 g/mol. The Balaban J connectivity index is 1.99. The fourth-order valence-corrected chi connectivity index (χ4v) is 2.26. The predicted octanol–water partition coefficient (Wildman–Crippen LogP) is 4.51. The summed E-state index contributed by atoms with van der Waals surface area (Å²) in [5.41, 5.74) is 0.275. The van der Waals surface area contributed by atoms with Crippen LogP contribution in [0.25, 0.3) is 0 Å². The van der Waals surface area contributed by atoms with Crippen LogP contribution < -0.4 is 14.8 Å². The molecule has 0 bridgehead atoms. The van der Waals surface area contributed by atoms with E-state index in [9.17, 15) is 18.4 Å². The quantitative estimate of drug-likeness (QED) is 0.620. The molecule has 0 aromatic heterocycles. The average Bonchev–Trinajstić information content (AvgIpc) is 2.67. The van der Waals surface area contributed by atoms with Crippen LogP contribution in [0.5, 0.6) is 11.5 Å². The van der Waals surface area contributed by atoms with Crippen LogP contribution in [0, 0.1) is 5.92 Å². The SMILES string of the molecule is CC(C)COc1cccc(C(=O)O[C@H](C)C(=O)Nc2ccccc2OC(F)F)c1. The largest absolute Gasteiger partial charge is 0.493 e. The molecule has 2 aromatic rings. The van der Waals surface area contributed by atoms with Gasteiger partial charge in [-0.05, 0) is 43.2 Å². The van der Waals surface area contributed by atoms with Gasteiger partial charge in [0.1, 0.15) is 11.5 Å². The summed E-state index contributed by atoms with van der Waals surface area (Å²) in [7, 11) is 0. The van der Waals surface area contributed by atoms with E-state index in [-0.39, 0.29) is 17.0 Å². The third-order valence-electron chi connectivity index (χ3n) is 3.67. The molecule has 6 nitrogen and oxygen atoms in total. The van der Waals surface area contributed by atoms with E-state index in [0.29, 0.717) is 18.3 Å². The fourth-order valence-electron chi connectivity index (χ4n) is 2.26. The summed E-state index contributed by atoms with van der Waals surface area (Å²) in [5.74, 6) is -0.741. The molecule has 156 valence electrons. The smallest absolute Gasteiger partial charge is 0.387 e. The molecule has 0 heterocycles. The maximum Gasteiger partial charge on any atom is 0.387 e. The number of anilines is 1. The third-order valence-corrected chi connectivity index (χ3v) is 3.67. The van der Waals surface area contributed by atoms with E-state index in [1.165, 1.54) is 31.2 Å². The zero-order valence-electron chi connectivity index (χ0n) is 16.4. The first-order valence-corrected chi connectivity index (χ1v) is 9.04. The molecule has 2 rings (SSSR count). The van der Waals surface area contributed by atoms with Gasteiger partial charge >= 0.3 is 12.6 Å². The Morgan fingerprint density at radius 2 is 1.76 bits per heavy atom. The lowest BCUT2D eigenvalue weighted by molar-refractivity contribution is -0.123. The van der Waals surface area contributed by atoms with Crippen molar-refractivity contribution in [1.82, 2.24) is 0 Å². The number of halogens is 2. The van der Waals surface area contributed by atoms with Crippen molar-refractivity contribution in [2.45, 2.75) is 33.5 Å². The lowest BCUT2D eigenvalue weighted by Crippen LogP contribution is -2.30. The molecule has 29 heavy (non-hydrogen) atoms. The highest BCUT2D eigenvalue weighted by molar-refractivity contribution is 5.98. The number of esters is 1. The Bertz CT molecular complexity index is 841. The van der Waals surface area contributed by atoms with Crippen molar-refractivity contribution in [1.29, 1.82) is 0 Å². The molecule has 0 aliphatic heterocycles. The zero-order valence-corrected chi connectivity index (χ0v) is 16.4. The van der Waals surface area contributed by atoms with Gasteiger partial charge in [-0.2, -0.15) is 8.78 Å². The predicted molar refractivity (Wildman–Crippen MR) is 103 cm³/mol. The van der Waals surface area contributed by atoms with Gasteiger partial charge in [-0.15, -0.1) is 0 Å². The van der Waals surface area contributed by atoms with Crippen LogP contribution in [-0.2, 0) is 9.53 Å². The second-order valence-electron chi connectivity index (χ2n) is 6.64. The van der Waals surface area contributed by atoms with Crippen molar-refractivity contribution >= 4 is 17.6 Å². The lowest BCUT2D eigenvalue weighted by atomic mass is 10.2. The summed E-state index contributed by atoms with van der Waals surface area (Å²) in [6.45, 7) is 2.85. The van der Waals surface area contributed by atoms with E-state index in [1.54, 1.807) is 24.3 Å². The number of amides is 1. The maximum absolute atomic E-state index is 12.5. The van der Waals surface area contributed by atoms with Crippen molar-refractivity contribution in [2.24, 2.45) is 5.92 Å². The van der Waals surface area contributed by atoms with Crippen molar-refractivity contribution in [2.75, 3.05) is 11.9 Å². The summed E-state index contributed by atoms with van der Waals surface area (Å²) in [6.07, 6.45) is -1.16. The van der Waals surface area contributed by atoms with Gasteiger partial charge in [0.25, 0.3) is 5.91 Å². The number of hydrogen-bond donors (Lipinski definition) is 1. The number of rotatable bonds is 9. The van der Waals surface area contributed by atoms with E-state index in [0.717, 1.165) is 0 Å². The molecular formula is C21H23F2NO5. The maximum atomic E-state index is 12.5. The summed E-state index contributed by atoms with van der Waals surface area (Å²) < 4.78 is 40.1. The van der Waals surface area contributed by atoms with Gasteiger partial charge in [0.2, 0.25) is 0 Å². The normalized spacial score (nSPS) is 11.8. The first-order valence-electron chi connectivity index (χ1n) is 9.04. The van der Waals surface area contributed by atoms with E-state index >= 15 is 0 Å². The van der Waals surface area contributed by atoms with Crippen LogP contribution in [0.3, 0.4) is 0 Å². The second kappa shape index (κ2) is 10.4. The number of hydrogen-bond acceptors (Lipinski definition) is 5. The van der Waals surface area contributed by atoms with E-state index in [2.05, 4.69) is 10.1 Å². The minimum Gasteiger partial charge on any atom is -0.493 e. The Morgan fingerprint density at radius 3 is 2.45 bits per heavy atom.